The number of para-hydroxylation sites is 2. The Balaban J connectivity index is 1.80. The van der Waals surface area contributed by atoms with Crippen LogP contribution in [0.5, 0.6) is 0 Å². The Labute approximate surface area is 118 Å². The molecule has 5 nitrogen and oxygen atoms in total. The van der Waals surface area contributed by atoms with Gasteiger partial charge in [-0.3, -0.25) is 0 Å². The fourth-order valence-electron chi connectivity index (χ4n) is 2.77. The average Bonchev–Trinajstić information content (AvgIpc) is 3.07. The lowest BCUT2D eigenvalue weighted by molar-refractivity contribution is 0.546. The number of benzene rings is 1. The van der Waals surface area contributed by atoms with Crippen molar-refractivity contribution < 1.29 is 8.42 Å². The molecule has 3 rings (SSSR count). The fourth-order valence-corrected chi connectivity index (χ4v) is 4.53. The van der Waals surface area contributed by atoms with Crippen LogP contribution < -0.4 is 4.72 Å². The molecule has 2 N–H and O–H groups in total. The van der Waals surface area contributed by atoms with E-state index in [1.807, 2.05) is 31.2 Å². The van der Waals surface area contributed by atoms with Crippen molar-refractivity contribution in [1.82, 2.24) is 14.7 Å². The zero-order valence-corrected chi connectivity index (χ0v) is 12.3. The number of sulfonamides is 1. The number of aromatic nitrogens is 2. The Morgan fingerprint density at radius 2 is 2.00 bits per heavy atom. The molecule has 1 fully saturated rings. The Hall–Kier alpha value is -1.40. The molecule has 1 aliphatic rings. The van der Waals surface area contributed by atoms with Crippen molar-refractivity contribution in [3.8, 4) is 0 Å². The quantitative estimate of drug-likeness (QED) is 0.909. The molecular weight excluding hydrogens is 274 g/mol. The number of rotatable bonds is 4. The van der Waals surface area contributed by atoms with E-state index in [9.17, 15) is 8.42 Å². The first-order valence-corrected chi connectivity index (χ1v) is 8.57. The third-order valence-corrected chi connectivity index (χ3v) is 5.93. The molecule has 1 heterocycles. The number of aromatic amines is 1. The molecule has 0 bridgehead atoms. The maximum absolute atomic E-state index is 12.3. The molecule has 0 aliphatic heterocycles. The molecule has 0 spiro atoms. The fraction of sp³-hybridized carbons (Fsp3) is 0.500. The highest BCUT2D eigenvalue weighted by atomic mass is 32.2. The highest BCUT2D eigenvalue weighted by Gasteiger charge is 2.30. The third-order valence-electron chi connectivity index (χ3n) is 3.90. The van der Waals surface area contributed by atoms with Crippen LogP contribution in [0, 0.1) is 0 Å². The second-order valence-corrected chi connectivity index (χ2v) is 7.42. The highest BCUT2D eigenvalue weighted by Crippen LogP contribution is 2.25. The zero-order valence-electron chi connectivity index (χ0n) is 11.5. The molecular formula is C14H19N3O2S. The summed E-state index contributed by atoms with van der Waals surface area (Å²) in [6.07, 6.45) is 3.54. The summed E-state index contributed by atoms with van der Waals surface area (Å²) in [5.41, 5.74) is 1.78. The van der Waals surface area contributed by atoms with Gasteiger partial charge in [0.2, 0.25) is 10.0 Å². The van der Waals surface area contributed by atoms with Gasteiger partial charge >= 0.3 is 0 Å². The molecule has 1 aromatic carbocycles. The van der Waals surface area contributed by atoms with Crippen molar-refractivity contribution in [1.29, 1.82) is 0 Å². The second kappa shape index (κ2) is 5.18. The van der Waals surface area contributed by atoms with E-state index in [1.54, 1.807) is 0 Å². The summed E-state index contributed by atoms with van der Waals surface area (Å²) in [5, 5.41) is -0.241. The van der Waals surface area contributed by atoms with Gasteiger partial charge in [-0.2, -0.15) is 0 Å². The average molecular weight is 293 g/mol. The molecule has 1 aromatic heterocycles. The number of hydrogen-bond donors (Lipinski definition) is 2. The summed E-state index contributed by atoms with van der Waals surface area (Å²) in [7, 11) is -3.25. The molecule has 0 saturated heterocycles. The highest BCUT2D eigenvalue weighted by molar-refractivity contribution is 7.90. The predicted molar refractivity (Wildman–Crippen MR) is 78.8 cm³/mol. The van der Waals surface area contributed by atoms with E-state index in [2.05, 4.69) is 14.7 Å². The van der Waals surface area contributed by atoms with Gasteiger partial charge < -0.3 is 4.98 Å². The monoisotopic (exact) mass is 293 g/mol. The van der Waals surface area contributed by atoms with Gasteiger partial charge in [0, 0.05) is 0 Å². The van der Waals surface area contributed by atoms with Crippen LogP contribution >= 0.6 is 0 Å². The standard InChI is InChI=1S/C14H19N3O2S/c1-10(17-20(18,19)11-6-2-3-7-11)14-15-12-8-4-5-9-13(12)16-14/h4-5,8-11,17H,2-3,6-7H2,1H3,(H,15,16). The van der Waals surface area contributed by atoms with Gasteiger partial charge in [-0.1, -0.05) is 25.0 Å². The van der Waals surface area contributed by atoms with Gasteiger partial charge in [-0.05, 0) is 31.9 Å². The van der Waals surface area contributed by atoms with E-state index < -0.39 is 10.0 Å². The maximum Gasteiger partial charge on any atom is 0.215 e. The number of H-pyrrole nitrogens is 1. The van der Waals surface area contributed by atoms with Crippen molar-refractivity contribution in [2.75, 3.05) is 0 Å². The van der Waals surface area contributed by atoms with Crippen LogP contribution in [0.1, 0.15) is 44.5 Å². The van der Waals surface area contributed by atoms with E-state index in [4.69, 9.17) is 0 Å². The van der Waals surface area contributed by atoms with E-state index >= 15 is 0 Å². The molecule has 2 aromatic rings. The molecule has 6 heteroatoms. The minimum atomic E-state index is -3.25. The Kier molecular flexibility index (Phi) is 3.52. The number of nitrogens with zero attached hydrogens (tertiary/aromatic N) is 1. The molecule has 1 unspecified atom stereocenters. The van der Waals surface area contributed by atoms with Crippen LogP contribution in [0.4, 0.5) is 0 Å². The second-order valence-electron chi connectivity index (χ2n) is 5.43. The van der Waals surface area contributed by atoms with Crippen molar-refractivity contribution in [2.24, 2.45) is 0 Å². The summed E-state index contributed by atoms with van der Waals surface area (Å²) in [5.74, 6) is 0.660. The summed E-state index contributed by atoms with van der Waals surface area (Å²) < 4.78 is 27.3. The first kappa shape index (κ1) is 13.6. The zero-order chi connectivity index (χ0) is 14.2. The summed E-state index contributed by atoms with van der Waals surface area (Å²) >= 11 is 0. The van der Waals surface area contributed by atoms with E-state index in [0.717, 1.165) is 36.7 Å². The number of nitrogens with one attached hydrogen (secondary N) is 2. The molecule has 0 radical (unpaired) electrons. The summed E-state index contributed by atoms with van der Waals surface area (Å²) in [4.78, 5) is 7.61. The third kappa shape index (κ3) is 2.58. The van der Waals surface area contributed by atoms with Gasteiger partial charge in [0.15, 0.2) is 0 Å². The van der Waals surface area contributed by atoms with E-state index in [-0.39, 0.29) is 11.3 Å². The first-order valence-electron chi connectivity index (χ1n) is 7.02. The van der Waals surface area contributed by atoms with E-state index in [1.165, 1.54) is 0 Å². The van der Waals surface area contributed by atoms with Crippen molar-refractivity contribution in [3.63, 3.8) is 0 Å². The van der Waals surface area contributed by atoms with Crippen LogP contribution in [0.3, 0.4) is 0 Å². The lowest BCUT2D eigenvalue weighted by Gasteiger charge is -2.16. The Morgan fingerprint density at radius 3 is 2.70 bits per heavy atom. The van der Waals surface area contributed by atoms with Gasteiger partial charge in [0.25, 0.3) is 0 Å². The summed E-state index contributed by atoms with van der Waals surface area (Å²) in [6.45, 7) is 1.82. The minimum absolute atomic E-state index is 0.241. The van der Waals surface area contributed by atoms with Crippen LogP contribution in [-0.2, 0) is 10.0 Å². The lowest BCUT2D eigenvalue weighted by Crippen LogP contribution is -2.34. The van der Waals surface area contributed by atoms with Gasteiger partial charge in [0.1, 0.15) is 5.82 Å². The topological polar surface area (TPSA) is 74.8 Å². The molecule has 0 amide bonds. The van der Waals surface area contributed by atoms with Crippen molar-refractivity contribution >= 4 is 21.1 Å². The Morgan fingerprint density at radius 1 is 1.30 bits per heavy atom. The molecule has 1 aliphatic carbocycles. The van der Waals surface area contributed by atoms with Crippen LogP contribution in [-0.4, -0.2) is 23.6 Å². The van der Waals surface area contributed by atoms with E-state index in [0.29, 0.717) is 5.82 Å². The van der Waals surface area contributed by atoms with Gasteiger partial charge in [-0.25, -0.2) is 18.1 Å². The number of imidazole rings is 1. The molecule has 108 valence electrons. The predicted octanol–water partition coefficient (Wildman–Crippen LogP) is 2.49. The van der Waals surface area contributed by atoms with Crippen molar-refractivity contribution in [2.45, 2.75) is 43.9 Å². The SMILES string of the molecule is CC(NS(=O)(=O)C1CCCC1)c1nc2ccccc2[nH]1. The summed E-state index contributed by atoms with van der Waals surface area (Å²) in [6, 6.07) is 7.35. The Bertz CT molecular complexity index is 669. The first-order chi connectivity index (χ1) is 9.56. The minimum Gasteiger partial charge on any atom is -0.341 e. The molecule has 1 atom stereocenters. The molecule has 1 saturated carbocycles. The lowest BCUT2D eigenvalue weighted by atomic mass is 10.3. The molecule has 20 heavy (non-hydrogen) atoms. The van der Waals surface area contributed by atoms with Gasteiger partial charge in [-0.15, -0.1) is 0 Å². The maximum atomic E-state index is 12.3. The number of hydrogen-bond acceptors (Lipinski definition) is 3. The van der Waals surface area contributed by atoms with Crippen molar-refractivity contribution in [3.05, 3.63) is 30.1 Å². The van der Waals surface area contributed by atoms with Crippen LogP contribution in [0.25, 0.3) is 11.0 Å². The smallest absolute Gasteiger partial charge is 0.215 e. The normalized spacial score (nSPS) is 18.6. The van der Waals surface area contributed by atoms with Crippen LogP contribution in [0.2, 0.25) is 0 Å². The van der Waals surface area contributed by atoms with Gasteiger partial charge in [0.05, 0.1) is 22.3 Å². The largest absolute Gasteiger partial charge is 0.341 e. The van der Waals surface area contributed by atoms with Crippen LogP contribution in [0.15, 0.2) is 24.3 Å². The number of fused-ring (bicyclic) bond motifs is 1.